The molecule has 0 aliphatic carbocycles. The van der Waals surface area contributed by atoms with Gasteiger partial charge < -0.3 is 4.57 Å². The van der Waals surface area contributed by atoms with Crippen molar-refractivity contribution in [3.8, 4) is 84.5 Å². The normalized spacial score (nSPS) is 11.5. The number of benzene rings is 9. The Balaban J connectivity index is 1.07. The fraction of sp³-hybridized carbons (Fsp3) is 0. The first-order valence-corrected chi connectivity index (χ1v) is 23.6. The van der Waals surface area contributed by atoms with Crippen molar-refractivity contribution in [2.75, 3.05) is 0 Å². The summed E-state index contributed by atoms with van der Waals surface area (Å²) in [6.45, 7) is 0. The Morgan fingerprint density at radius 1 is 0.338 bits per heavy atom. The van der Waals surface area contributed by atoms with E-state index in [-0.39, 0.29) is 0 Å². The molecular formula is C62H39N5S. The lowest BCUT2D eigenvalue weighted by molar-refractivity contribution is 1.07. The molecule has 0 fully saturated rings. The van der Waals surface area contributed by atoms with Crippen LogP contribution in [0.2, 0.25) is 0 Å². The second kappa shape index (κ2) is 16.5. The van der Waals surface area contributed by atoms with Crippen LogP contribution < -0.4 is 0 Å². The van der Waals surface area contributed by atoms with Crippen LogP contribution in [-0.4, -0.2) is 24.5 Å². The van der Waals surface area contributed by atoms with Crippen LogP contribution in [0.25, 0.3) is 126 Å². The molecule has 0 N–H and O–H groups in total. The highest BCUT2D eigenvalue weighted by Crippen LogP contribution is 2.47. The maximum atomic E-state index is 5.48. The Morgan fingerprint density at radius 3 is 1.59 bits per heavy atom. The first-order chi connectivity index (χ1) is 33.7. The lowest BCUT2D eigenvalue weighted by Gasteiger charge is -2.16. The van der Waals surface area contributed by atoms with E-state index in [0.717, 1.165) is 66.8 Å². The maximum absolute atomic E-state index is 5.48. The Kier molecular flexibility index (Phi) is 9.62. The van der Waals surface area contributed by atoms with Gasteiger partial charge in [-0.3, -0.25) is 4.98 Å². The van der Waals surface area contributed by atoms with Gasteiger partial charge in [0.2, 0.25) is 0 Å². The van der Waals surface area contributed by atoms with Gasteiger partial charge in [0, 0.05) is 70.6 Å². The molecule has 0 bridgehead atoms. The van der Waals surface area contributed by atoms with Crippen LogP contribution in [-0.2, 0) is 0 Å². The highest BCUT2D eigenvalue weighted by atomic mass is 32.1. The first-order valence-electron chi connectivity index (χ1n) is 22.8. The van der Waals surface area contributed by atoms with E-state index in [0.29, 0.717) is 17.5 Å². The van der Waals surface area contributed by atoms with Gasteiger partial charge in [-0.15, -0.1) is 11.3 Å². The summed E-state index contributed by atoms with van der Waals surface area (Å²) in [5, 5.41) is 4.83. The third kappa shape index (κ3) is 6.77. The van der Waals surface area contributed by atoms with Gasteiger partial charge in [0.05, 0.1) is 16.7 Å². The lowest BCUT2D eigenvalue weighted by atomic mass is 9.90. The Hall–Kier alpha value is -8.84. The summed E-state index contributed by atoms with van der Waals surface area (Å²) in [7, 11) is 0. The van der Waals surface area contributed by atoms with Gasteiger partial charge in [-0.25, -0.2) is 15.0 Å². The minimum atomic E-state index is 0.552. The van der Waals surface area contributed by atoms with E-state index in [9.17, 15) is 0 Å². The molecule has 6 heteroatoms. The van der Waals surface area contributed by atoms with Gasteiger partial charge in [-0.05, 0) is 70.3 Å². The Labute approximate surface area is 397 Å². The zero-order valence-electron chi connectivity index (χ0n) is 36.7. The second-order valence-corrected chi connectivity index (χ2v) is 18.0. The predicted molar refractivity (Wildman–Crippen MR) is 283 cm³/mol. The minimum Gasteiger partial charge on any atom is -0.309 e. The quantitative estimate of drug-likeness (QED) is 0.153. The molecule has 9 aromatic carbocycles. The third-order valence-electron chi connectivity index (χ3n) is 12.9. The summed E-state index contributed by atoms with van der Waals surface area (Å²) >= 11 is 1.84. The number of hydrogen-bond acceptors (Lipinski definition) is 5. The molecule has 4 aromatic heterocycles. The van der Waals surface area contributed by atoms with Gasteiger partial charge in [-0.2, -0.15) is 0 Å². The number of nitrogens with zero attached hydrogens (tertiary/aromatic N) is 5. The number of pyridine rings is 1. The smallest absolute Gasteiger partial charge is 0.166 e. The first kappa shape index (κ1) is 39.5. The summed E-state index contributed by atoms with van der Waals surface area (Å²) in [6, 6.07) is 81.1. The van der Waals surface area contributed by atoms with Crippen molar-refractivity contribution in [3.63, 3.8) is 0 Å². The summed E-state index contributed by atoms with van der Waals surface area (Å²) in [5.41, 5.74) is 14.6. The van der Waals surface area contributed by atoms with Gasteiger partial charge in [0.25, 0.3) is 0 Å². The van der Waals surface area contributed by atoms with Crippen molar-refractivity contribution in [3.05, 3.63) is 237 Å². The van der Waals surface area contributed by atoms with Crippen LogP contribution in [0.1, 0.15) is 0 Å². The van der Waals surface area contributed by atoms with Crippen molar-refractivity contribution in [1.82, 2.24) is 24.5 Å². The number of para-hydroxylation sites is 2. The van der Waals surface area contributed by atoms with Gasteiger partial charge in [-0.1, -0.05) is 188 Å². The van der Waals surface area contributed by atoms with E-state index in [2.05, 4.69) is 199 Å². The van der Waals surface area contributed by atoms with Gasteiger partial charge >= 0.3 is 0 Å². The SMILES string of the molecule is c1ccc(-c2nc(-c3ccccc3)nc(-c3cc(-c4ccc(-c5ccccc5)c(-c5ccccc5)c4)cnc3-c3cccc4sc5c(ccc6c5c5ccccc5n6-c5ccccc5)c34)n2)cc1. The number of fused-ring (bicyclic) bond motifs is 7. The van der Waals surface area contributed by atoms with E-state index in [1.807, 2.05) is 53.9 Å². The molecule has 318 valence electrons. The summed E-state index contributed by atoms with van der Waals surface area (Å²) in [5.74, 6) is 1.75. The van der Waals surface area contributed by atoms with Crippen LogP contribution in [0.15, 0.2) is 237 Å². The monoisotopic (exact) mass is 885 g/mol. The van der Waals surface area contributed by atoms with Crippen molar-refractivity contribution < 1.29 is 0 Å². The number of hydrogen-bond donors (Lipinski definition) is 0. The third-order valence-corrected chi connectivity index (χ3v) is 14.1. The molecule has 0 aliphatic heterocycles. The van der Waals surface area contributed by atoms with Crippen LogP contribution in [0, 0.1) is 0 Å². The Morgan fingerprint density at radius 2 is 0.912 bits per heavy atom. The average molecular weight is 886 g/mol. The number of aromatic nitrogens is 5. The number of rotatable bonds is 8. The highest BCUT2D eigenvalue weighted by molar-refractivity contribution is 7.27. The summed E-state index contributed by atoms with van der Waals surface area (Å²) < 4.78 is 4.82. The van der Waals surface area contributed by atoms with E-state index >= 15 is 0 Å². The highest BCUT2D eigenvalue weighted by Gasteiger charge is 2.23. The molecule has 0 aliphatic rings. The molecule has 13 aromatic rings. The lowest BCUT2D eigenvalue weighted by Crippen LogP contribution is -2.02. The molecule has 0 atom stereocenters. The molecule has 0 radical (unpaired) electrons. The van der Waals surface area contributed by atoms with E-state index < -0.39 is 0 Å². The molecule has 0 saturated carbocycles. The molecule has 5 nitrogen and oxygen atoms in total. The van der Waals surface area contributed by atoms with Gasteiger partial charge in [0.1, 0.15) is 0 Å². The molecule has 0 amide bonds. The fourth-order valence-corrected chi connectivity index (χ4v) is 11.1. The fourth-order valence-electron chi connectivity index (χ4n) is 9.77. The van der Waals surface area contributed by atoms with Crippen molar-refractivity contribution in [2.45, 2.75) is 0 Å². The average Bonchev–Trinajstić information content (AvgIpc) is 3.98. The number of thiophene rings is 1. The maximum Gasteiger partial charge on any atom is 0.166 e. The van der Waals surface area contributed by atoms with Crippen LogP contribution in [0.5, 0.6) is 0 Å². The van der Waals surface area contributed by atoms with Gasteiger partial charge in [0.15, 0.2) is 17.5 Å². The summed E-state index contributed by atoms with van der Waals surface area (Å²) in [6.07, 6.45) is 2.02. The molecular weight excluding hydrogens is 847 g/mol. The van der Waals surface area contributed by atoms with E-state index in [4.69, 9.17) is 19.9 Å². The molecule has 0 saturated heterocycles. The zero-order valence-corrected chi connectivity index (χ0v) is 37.5. The van der Waals surface area contributed by atoms with E-state index in [1.165, 1.54) is 42.2 Å². The van der Waals surface area contributed by atoms with Crippen LogP contribution in [0.4, 0.5) is 0 Å². The van der Waals surface area contributed by atoms with Crippen molar-refractivity contribution in [1.29, 1.82) is 0 Å². The molecule has 13 rings (SSSR count). The largest absolute Gasteiger partial charge is 0.309 e. The summed E-state index contributed by atoms with van der Waals surface area (Å²) in [4.78, 5) is 21.2. The zero-order chi connectivity index (χ0) is 45.0. The van der Waals surface area contributed by atoms with Crippen LogP contribution >= 0.6 is 11.3 Å². The van der Waals surface area contributed by atoms with Crippen molar-refractivity contribution in [2.24, 2.45) is 0 Å². The molecule has 0 unspecified atom stereocenters. The van der Waals surface area contributed by atoms with E-state index in [1.54, 1.807) is 0 Å². The second-order valence-electron chi connectivity index (χ2n) is 17.0. The standard InChI is InChI=1S/C62H39N5S/c1-6-19-40(20-7-1)47-34-33-44(37-51(47)41-21-8-2-9-22-41)45-38-52(62-65-60(42-23-10-3-11-24-42)64-61(66-62)43-25-12-4-13-26-43)58(63-39-45)49-30-18-32-55-56(49)50-35-36-54-57(59(50)68-55)48-29-16-17-31-53(48)67(54)46-27-14-5-15-28-46/h1-39H. The predicted octanol–water partition coefficient (Wildman–Crippen LogP) is 16.4. The van der Waals surface area contributed by atoms with Crippen molar-refractivity contribution >= 4 is 53.3 Å². The molecule has 0 spiro atoms. The van der Waals surface area contributed by atoms with Crippen LogP contribution in [0.3, 0.4) is 0 Å². The topological polar surface area (TPSA) is 56.5 Å². The Bertz CT molecular complexity index is 3940. The molecule has 4 heterocycles. The minimum absolute atomic E-state index is 0.552. The molecule has 68 heavy (non-hydrogen) atoms.